The Balaban J connectivity index is 1.26. The molecular weight excluding hydrogens is 628 g/mol. The molecular formula is C32H26F4N4O5S. The maximum atomic E-state index is 13.9. The van der Waals surface area contributed by atoms with E-state index in [0.29, 0.717) is 29.1 Å². The molecule has 1 aliphatic heterocycles. The van der Waals surface area contributed by atoms with Crippen molar-refractivity contribution in [2.24, 2.45) is 4.99 Å². The smallest absolute Gasteiger partial charge is 0.419 e. The van der Waals surface area contributed by atoms with Gasteiger partial charge in [-0.3, -0.25) is 14.5 Å². The van der Waals surface area contributed by atoms with E-state index < -0.39 is 46.8 Å². The van der Waals surface area contributed by atoms with Gasteiger partial charge in [0.25, 0.3) is 0 Å². The van der Waals surface area contributed by atoms with Gasteiger partial charge >= 0.3 is 12.3 Å². The van der Waals surface area contributed by atoms with Crippen molar-refractivity contribution in [3.63, 3.8) is 0 Å². The Labute approximate surface area is 264 Å². The number of alkyl carbamates (subject to hydrolysis) is 1. The van der Waals surface area contributed by atoms with E-state index in [0.717, 1.165) is 23.4 Å². The minimum absolute atomic E-state index is 0.0334. The summed E-state index contributed by atoms with van der Waals surface area (Å²) in [6, 6.07) is 20.1. The molecule has 2 atom stereocenters. The molecule has 238 valence electrons. The van der Waals surface area contributed by atoms with Crippen LogP contribution >= 0.6 is 11.8 Å². The lowest BCUT2D eigenvalue weighted by molar-refractivity contribution is -0.140. The molecule has 46 heavy (non-hydrogen) atoms. The van der Waals surface area contributed by atoms with E-state index in [4.69, 9.17) is 9.15 Å². The molecule has 2 N–H and O–H groups in total. The Kier molecular flexibility index (Phi) is 9.75. The number of carbonyl (C=O) groups excluding carboxylic acids is 3. The van der Waals surface area contributed by atoms with Crippen LogP contribution in [0, 0.1) is 5.82 Å². The third kappa shape index (κ3) is 7.93. The van der Waals surface area contributed by atoms with Gasteiger partial charge in [0, 0.05) is 5.69 Å². The summed E-state index contributed by atoms with van der Waals surface area (Å²) < 4.78 is 64.3. The van der Waals surface area contributed by atoms with Crippen LogP contribution in [-0.2, 0) is 33.7 Å². The van der Waals surface area contributed by atoms with Crippen molar-refractivity contribution in [3.05, 3.63) is 119 Å². The number of ether oxygens (including phenoxy) is 1. The fraction of sp³-hybridized carbons (Fsp3) is 0.188. The Bertz CT molecular complexity index is 1730. The summed E-state index contributed by atoms with van der Waals surface area (Å²) in [5, 5.41) is 4.43. The average Bonchev–Trinajstić information content (AvgIpc) is 3.65. The third-order valence-corrected chi connectivity index (χ3v) is 7.97. The van der Waals surface area contributed by atoms with E-state index in [-0.39, 0.29) is 24.0 Å². The number of furan rings is 1. The minimum Gasteiger partial charge on any atom is -0.467 e. The maximum absolute atomic E-state index is 13.9. The van der Waals surface area contributed by atoms with E-state index >= 15 is 0 Å². The van der Waals surface area contributed by atoms with Crippen molar-refractivity contribution in [1.82, 2.24) is 10.2 Å². The molecule has 0 spiro atoms. The number of halogens is 4. The molecule has 5 rings (SSSR count). The number of nitrogens with one attached hydrogen (secondary N) is 2. The summed E-state index contributed by atoms with van der Waals surface area (Å²) in [7, 11) is 0. The second kappa shape index (κ2) is 13.9. The van der Waals surface area contributed by atoms with Crippen molar-refractivity contribution in [2.45, 2.75) is 37.5 Å². The van der Waals surface area contributed by atoms with Crippen LogP contribution in [-0.4, -0.2) is 34.0 Å². The predicted octanol–water partition coefficient (Wildman–Crippen LogP) is 7.20. The lowest BCUT2D eigenvalue weighted by atomic mass is 10.1. The number of alkyl halides is 3. The summed E-state index contributed by atoms with van der Waals surface area (Å²) in [6.07, 6.45) is -4.26. The molecule has 1 fully saturated rings. The van der Waals surface area contributed by atoms with Gasteiger partial charge in [-0.1, -0.05) is 54.2 Å². The van der Waals surface area contributed by atoms with Crippen molar-refractivity contribution >= 4 is 46.2 Å². The second-order valence-electron chi connectivity index (χ2n) is 10.1. The second-order valence-corrected chi connectivity index (χ2v) is 11.2. The fourth-order valence-electron chi connectivity index (χ4n) is 4.37. The standard InChI is InChI=1S/C32H26F4N4O5S/c1-19(37-31(43)45-18-20-6-3-2-4-7-20)28(41)38-22-11-9-21(10-12-22)27-29(42)40(17-24-8-5-15-44-24)30(46-27)39-23-13-14-26(33)25(16-23)32(34,35)36/h2-16,19,27H,17-18H2,1H3,(H,37,43)(H,38,41)/t19-,27?/m1/s1. The zero-order valence-corrected chi connectivity index (χ0v) is 24.9. The number of hydrogen-bond acceptors (Lipinski definition) is 7. The van der Waals surface area contributed by atoms with Gasteiger partial charge in [-0.25, -0.2) is 14.2 Å². The lowest BCUT2D eigenvalue weighted by Gasteiger charge is -2.16. The first-order valence-corrected chi connectivity index (χ1v) is 14.7. The normalized spacial score (nSPS) is 16.4. The van der Waals surface area contributed by atoms with Crippen molar-refractivity contribution in [2.75, 3.05) is 5.32 Å². The summed E-state index contributed by atoms with van der Waals surface area (Å²) in [4.78, 5) is 43.9. The number of carbonyl (C=O) groups is 3. The molecule has 0 radical (unpaired) electrons. The van der Waals surface area contributed by atoms with Crippen LogP contribution in [0.1, 0.15) is 34.6 Å². The number of nitrogens with zero attached hydrogens (tertiary/aromatic N) is 2. The molecule has 0 bridgehead atoms. The van der Waals surface area contributed by atoms with Crippen molar-refractivity contribution in [3.8, 4) is 0 Å². The number of hydrogen-bond donors (Lipinski definition) is 2. The topological polar surface area (TPSA) is 113 Å². The Hall–Kier alpha value is -5.11. The van der Waals surface area contributed by atoms with Gasteiger partial charge in [0.15, 0.2) is 5.17 Å². The number of benzene rings is 3. The summed E-state index contributed by atoms with van der Waals surface area (Å²) >= 11 is 1.01. The summed E-state index contributed by atoms with van der Waals surface area (Å²) in [6.45, 7) is 1.51. The van der Waals surface area contributed by atoms with E-state index in [1.165, 1.54) is 18.1 Å². The van der Waals surface area contributed by atoms with Gasteiger partial charge in [-0.05, 0) is 60.5 Å². The van der Waals surface area contributed by atoms with Crippen molar-refractivity contribution in [1.29, 1.82) is 0 Å². The number of amidine groups is 1. The summed E-state index contributed by atoms with van der Waals surface area (Å²) in [5.74, 6) is -1.92. The number of amides is 3. The average molecular weight is 655 g/mol. The van der Waals surface area contributed by atoms with E-state index in [1.807, 2.05) is 18.2 Å². The quantitative estimate of drug-likeness (QED) is 0.185. The highest BCUT2D eigenvalue weighted by atomic mass is 32.2. The molecule has 14 heteroatoms. The third-order valence-electron chi connectivity index (χ3n) is 6.74. The minimum atomic E-state index is -4.92. The van der Waals surface area contributed by atoms with Crippen LogP contribution in [0.5, 0.6) is 0 Å². The molecule has 0 saturated carbocycles. The van der Waals surface area contributed by atoms with Crippen LogP contribution in [0.4, 0.5) is 33.7 Å². The highest BCUT2D eigenvalue weighted by Gasteiger charge is 2.40. The first kappa shape index (κ1) is 32.3. The van der Waals surface area contributed by atoms with Crippen LogP contribution in [0.3, 0.4) is 0 Å². The van der Waals surface area contributed by atoms with Gasteiger partial charge in [0.05, 0.1) is 24.1 Å². The van der Waals surface area contributed by atoms with Crippen LogP contribution in [0.15, 0.2) is 101 Å². The molecule has 2 heterocycles. The molecule has 1 unspecified atom stereocenters. The largest absolute Gasteiger partial charge is 0.467 e. The maximum Gasteiger partial charge on any atom is 0.419 e. The number of aliphatic imine (C=N–C) groups is 1. The highest BCUT2D eigenvalue weighted by Crippen LogP contribution is 2.42. The Morgan fingerprint density at radius 3 is 2.46 bits per heavy atom. The van der Waals surface area contributed by atoms with Crippen molar-refractivity contribution < 1.29 is 41.1 Å². The monoisotopic (exact) mass is 654 g/mol. The zero-order chi connectivity index (χ0) is 32.8. The van der Waals surface area contributed by atoms with E-state index in [1.54, 1.807) is 48.5 Å². The van der Waals surface area contributed by atoms with Crippen LogP contribution in [0.2, 0.25) is 0 Å². The first-order chi connectivity index (χ1) is 22.0. The Morgan fingerprint density at radius 1 is 1.04 bits per heavy atom. The Morgan fingerprint density at radius 2 is 1.78 bits per heavy atom. The molecule has 4 aromatic rings. The van der Waals surface area contributed by atoms with E-state index in [2.05, 4.69) is 15.6 Å². The van der Waals surface area contributed by atoms with Crippen LogP contribution in [0.25, 0.3) is 0 Å². The van der Waals surface area contributed by atoms with Crippen LogP contribution < -0.4 is 10.6 Å². The lowest BCUT2D eigenvalue weighted by Crippen LogP contribution is -2.41. The van der Waals surface area contributed by atoms with Gasteiger partial charge in [-0.2, -0.15) is 13.2 Å². The van der Waals surface area contributed by atoms with Gasteiger partial charge in [0.1, 0.15) is 29.5 Å². The summed E-state index contributed by atoms with van der Waals surface area (Å²) in [5.41, 5.74) is 0.0707. The zero-order valence-electron chi connectivity index (χ0n) is 24.1. The number of anilines is 1. The number of thioether (sulfide) groups is 1. The van der Waals surface area contributed by atoms with Gasteiger partial charge in [0.2, 0.25) is 11.8 Å². The van der Waals surface area contributed by atoms with Gasteiger partial charge in [-0.15, -0.1) is 0 Å². The highest BCUT2D eigenvalue weighted by molar-refractivity contribution is 8.15. The van der Waals surface area contributed by atoms with E-state index in [9.17, 15) is 31.9 Å². The molecule has 9 nitrogen and oxygen atoms in total. The molecule has 3 aromatic carbocycles. The SMILES string of the molecule is C[C@@H](NC(=O)OCc1ccccc1)C(=O)Nc1ccc(C2SC(=Nc3ccc(F)c(C(F)(F)F)c3)N(Cc3ccco3)C2=O)cc1. The number of rotatable bonds is 9. The molecule has 1 aromatic heterocycles. The molecule has 3 amide bonds. The molecule has 1 aliphatic rings. The first-order valence-electron chi connectivity index (χ1n) is 13.8. The fourth-order valence-corrected chi connectivity index (χ4v) is 5.54. The van der Waals surface area contributed by atoms with Gasteiger partial charge < -0.3 is 19.8 Å². The molecule has 0 aliphatic carbocycles. The predicted molar refractivity (Wildman–Crippen MR) is 162 cm³/mol. The molecule has 1 saturated heterocycles.